The molecule has 2 aromatic carbocycles. The first-order chi connectivity index (χ1) is 15.5. The van der Waals surface area contributed by atoms with Crippen molar-refractivity contribution in [3.63, 3.8) is 0 Å². The van der Waals surface area contributed by atoms with Crippen LogP contribution in [0.3, 0.4) is 0 Å². The van der Waals surface area contributed by atoms with Gasteiger partial charge < -0.3 is 14.4 Å². The molecule has 2 atom stereocenters. The highest BCUT2D eigenvalue weighted by Crippen LogP contribution is 2.22. The molecule has 0 saturated carbocycles. The summed E-state index contributed by atoms with van der Waals surface area (Å²) in [6, 6.07) is 16.6. The number of hydrogen-bond donors (Lipinski definition) is 0. The van der Waals surface area contributed by atoms with Crippen molar-refractivity contribution in [3.05, 3.63) is 70.2 Å². The second kappa shape index (κ2) is 10.2. The highest BCUT2D eigenvalue weighted by molar-refractivity contribution is 9.10. The Morgan fingerprint density at radius 2 is 1.78 bits per heavy atom. The molecule has 32 heavy (non-hydrogen) atoms. The number of hydrogen-bond acceptors (Lipinski definition) is 5. The summed E-state index contributed by atoms with van der Waals surface area (Å²) >= 11 is 3.43. The number of cyclic esters (lactones) is 1. The van der Waals surface area contributed by atoms with E-state index < -0.39 is 30.2 Å². The van der Waals surface area contributed by atoms with Crippen molar-refractivity contribution >= 4 is 34.0 Å². The molecule has 2 aromatic rings. The molecular formula is C24H25BrN2O5. The molecule has 168 valence electrons. The maximum atomic E-state index is 13.5. The number of halogens is 1. The summed E-state index contributed by atoms with van der Waals surface area (Å²) in [5.74, 6) is -0.555. The molecule has 4 rings (SSSR count). The number of imide groups is 1. The van der Waals surface area contributed by atoms with Crippen LogP contribution in [-0.4, -0.2) is 59.7 Å². The summed E-state index contributed by atoms with van der Waals surface area (Å²) in [5.41, 5.74) is 1.81. The van der Waals surface area contributed by atoms with E-state index in [1.165, 1.54) is 0 Å². The number of ether oxygens (including phenoxy) is 2. The van der Waals surface area contributed by atoms with Crippen LogP contribution in [0.25, 0.3) is 0 Å². The van der Waals surface area contributed by atoms with Crippen LogP contribution in [0, 0.1) is 0 Å². The van der Waals surface area contributed by atoms with Gasteiger partial charge in [0.25, 0.3) is 5.91 Å². The molecule has 2 fully saturated rings. The van der Waals surface area contributed by atoms with Crippen LogP contribution in [-0.2, 0) is 27.1 Å². The van der Waals surface area contributed by atoms with Crippen molar-refractivity contribution in [1.82, 2.24) is 9.80 Å². The number of carbonyl (C=O) groups is 3. The van der Waals surface area contributed by atoms with Crippen LogP contribution in [0.4, 0.5) is 9.59 Å². The second-order valence-electron chi connectivity index (χ2n) is 8.03. The lowest BCUT2D eigenvalue weighted by Crippen LogP contribution is -2.48. The summed E-state index contributed by atoms with van der Waals surface area (Å²) in [5, 5.41) is 0. The van der Waals surface area contributed by atoms with Crippen molar-refractivity contribution in [2.45, 2.75) is 37.8 Å². The Kier molecular flexibility index (Phi) is 7.09. The summed E-state index contributed by atoms with van der Waals surface area (Å²) in [7, 11) is 0. The Morgan fingerprint density at radius 3 is 2.50 bits per heavy atom. The third-order valence-electron chi connectivity index (χ3n) is 5.71. The Labute approximate surface area is 195 Å². The zero-order chi connectivity index (χ0) is 22.5. The van der Waals surface area contributed by atoms with Crippen LogP contribution < -0.4 is 0 Å². The predicted molar refractivity (Wildman–Crippen MR) is 121 cm³/mol. The van der Waals surface area contributed by atoms with Crippen LogP contribution in [0.5, 0.6) is 0 Å². The molecule has 0 aromatic heterocycles. The molecule has 0 bridgehead atoms. The lowest BCUT2D eigenvalue weighted by Gasteiger charge is -2.26. The fraction of sp³-hybridized carbons (Fsp3) is 0.375. The number of nitrogens with zero attached hydrogens (tertiary/aromatic N) is 2. The van der Waals surface area contributed by atoms with E-state index >= 15 is 0 Å². The van der Waals surface area contributed by atoms with Gasteiger partial charge in [-0.15, -0.1) is 0 Å². The molecule has 2 heterocycles. The Balaban J connectivity index is 1.55. The first-order valence-electron chi connectivity index (χ1n) is 10.7. The summed E-state index contributed by atoms with van der Waals surface area (Å²) in [6.07, 6.45) is 0.118. The van der Waals surface area contributed by atoms with Gasteiger partial charge in [0, 0.05) is 24.0 Å². The number of likely N-dealkylation sites (tertiary alicyclic amines) is 1. The molecular weight excluding hydrogens is 476 g/mol. The molecule has 0 N–H and O–H groups in total. The molecule has 0 unspecified atom stereocenters. The topological polar surface area (TPSA) is 76.2 Å². The molecule has 8 heteroatoms. The highest BCUT2D eigenvalue weighted by atomic mass is 79.9. The molecule has 2 aliphatic heterocycles. The fourth-order valence-corrected chi connectivity index (χ4v) is 4.52. The predicted octanol–water partition coefficient (Wildman–Crippen LogP) is 4.18. The van der Waals surface area contributed by atoms with Gasteiger partial charge in [-0.1, -0.05) is 58.4 Å². The van der Waals surface area contributed by atoms with Gasteiger partial charge in [-0.3, -0.25) is 4.79 Å². The third-order valence-corrected chi connectivity index (χ3v) is 6.20. The molecule has 2 aliphatic rings. The number of rotatable bonds is 6. The first kappa shape index (κ1) is 22.3. The van der Waals surface area contributed by atoms with Gasteiger partial charge >= 0.3 is 12.2 Å². The van der Waals surface area contributed by atoms with E-state index in [1.807, 2.05) is 54.6 Å². The number of carbonyl (C=O) groups excluding carboxylic acids is 3. The zero-order valence-electron chi connectivity index (χ0n) is 17.6. The van der Waals surface area contributed by atoms with Gasteiger partial charge in [-0.05, 0) is 42.5 Å². The minimum Gasteiger partial charge on any atom is -0.447 e. The van der Waals surface area contributed by atoms with E-state index in [0.717, 1.165) is 33.3 Å². The SMILES string of the molecule is O=C(O[C@@H](Cc1cccc(Br)c1)C(=O)N1C(=O)OC[C@@H]1Cc1ccccc1)N1CCCC1. The average Bonchev–Trinajstić information content (AvgIpc) is 3.44. The van der Waals surface area contributed by atoms with Crippen molar-refractivity contribution in [2.75, 3.05) is 19.7 Å². The number of benzene rings is 2. The standard InChI is InChI=1S/C24H25BrN2O5/c25-19-10-6-9-18(13-19)15-21(32-23(29)26-11-4-5-12-26)22(28)27-20(16-31-24(27)30)14-17-7-2-1-3-8-17/h1-3,6-10,13,20-21H,4-5,11-12,14-16H2/t20-,21-/m0/s1. The average molecular weight is 501 g/mol. The van der Waals surface area contributed by atoms with Crippen LogP contribution in [0.1, 0.15) is 24.0 Å². The van der Waals surface area contributed by atoms with Crippen molar-refractivity contribution < 1.29 is 23.9 Å². The minimum atomic E-state index is -1.12. The van der Waals surface area contributed by atoms with Crippen molar-refractivity contribution in [3.8, 4) is 0 Å². The summed E-state index contributed by atoms with van der Waals surface area (Å²) in [6.45, 7) is 1.33. The van der Waals surface area contributed by atoms with Crippen molar-refractivity contribution in [1.29, 1.82) is 0 Å². The molecule has 2 saturated heterocycles. The Hall–Kier alpha value is -2.87. The van der Waals surface area contributed by atoms with E-state index in [4.69, 9.17) is 9.47 Å². The zero-order valence-corrected chi connectivity index (χ0v) is 19.2. The van der Waals surface area contributed by atoms with Gasteiger partial charge in [0.05, 0.1) is 6.04 Å². The smallest absolute Gasteiger partial charge is 0.417 e. The van der Waals surface area contributed by atoms with E-state index in [1.54, 1.807) is 4.90 Å². The lowest BCUT2D eigenvalue weighted by atomic mass is 10.0. The maximum Gasteiger partial charge on any atom is 0.417 e. The van der Waals surface area contributed by atoms with E-state index in [0.29, 0.717) is 19.5 Å². The summed E-state index contributed by atoms with van der Waals surface area (Å²) < 4.78 is 11.7. The van der Waals surface area contributed by atoms with Gasteiger partial charge in [-0.2, -0.15) is 0 Å². The van der Waals surface area contributed by atoms with Crippen LogP contribution in [0.15, 0.2) is 59.1 Å². The summed E-state index contributed by atoms with van der Waals surface area (Å²) in [4.78, 5) is 41.4. The lowest BCUT2D eigenvalue weighted by molar-refractivity contribution is -0.138. The molecule has 0 spiro atoms. The van der Waals surface area contributed by atoms with Gasteiger partial charge in [-0.25, -0.2) is 14.5 Å². The minimum absolute atomic E-state index is 0.114. The van der Waals surface area contributed by atoms with E-state index in [-0.39, 0.29) is 13.0 Å². The monoisotopic (exact) mass is 500 g/mol. The Bertz CT molecular complexity index is 977. The van der Waals surface area contributed by atoms with Gasteiger partial charge in [0.15, 0.2) is 6.10 Å². The van der Waals surface area contributed by atoms with Crippen LogP contribution in [0.2, 0.25) is 0 Å². The van der Waals surface area contributed by atoms with E-state index in [9.17, 15) is 14.4 Å². The van der Waals surface area contributed by atoms with Crippen molar-refractivity contribution in [2.24, 2.45) is 0 Å². The second-order valence-corrected chi connectivity index (χ2v) is 8.94. The fourth-order valence-electron chi connectivity index (χ4n) is 4.08. The highest BCUT2D eigenvalue weighted by Gasteiger charge is 2.42. The molecule has 0 aliphatic carbocycles. The van der Waals surface area contributed by atoms with Crippen LogP contribution >= 0.6 is 15.9 Å². The van der Waals surface area contributed by atoms with Gasteiger partial charge in [0.2, 0.25) is 0 Å². The number of amides is 3. The molecule has 7 nitrogen and oxygen atoms in total. The largest absolute Gasteiger partial charge is 0.447 e. The normalized spacial score (nSPS) is 19.0. The van der Waals surface area contributed by atoms with E-state index in [2.05, 4.69) is 15.9 Å². The third kappa shape index (κ3) is 5.30. The molecule has 3 amide bonds. The van der Waals surface area contributed by atoms with Gasteiger partial charge in [0.1, 0.15) is 6.61 Å². The maximum absolute atomic E-state index is 13.5. The first-order valence-corrected chi connectivity index (χ1v) is 11.5. The molecule has 0 radical (unpaired) electrons. The quantitative estimate of drug-likeness (QED) is 0.594. The Morgan fingerprint density at radius 1 is 1.06 bits per heavy atom.